The van der Waals surface area contributed by atoms with Gasteiger partial charge in [-0.05, 0) is 49.7 Å². The molecule has 142 valence electrons. The van der Waals surface area contributed by atoms with E-state index in [0.29, 0.717) is 19.6 Å². The minimum Gasteiger partial charge on any atom is -0.395 e. The van der Waals surface area contributed by atoms with Crippen LogP contribution in [0.5, 0.6) is 0 Å². The number of hydrogen-bond donors (Lipinski definition) is 2. The number of carbonyl (C=O) groups is 1. The molecule has 0 bridgehead atoms. The molecule has 0 spiro atoms. The third-order valence-corrected chi connectivity index (χ3v) is 5.99. The highest BCUT2D eigenvalue weighted by atomic mass is 32.1. The zero-order chi connectivity index (χ0) is 18.1. The van der Waals surface area contributed by atoms with Gasteiger partial charge in [0.2, 0.25) is 0 Å². The molecule has 25 heavy (non-hydrogen) atoms. The Kier molecular flexibility index (Phi) is 8.72. The number of carbonyl (C=O) groups excluding carboxylic acids is 1. The van der Waals surface area contributed by atoms with Crippen molar-refractivity contribution >= 4 is 17.4 Å². The van der Waals surface area contributed by atoms with E-state index in [2.05, 4.69) is 41.6 Å². The average molecular weight is 368 g/mol. The Morgan fingerprint density at radius 3 is 2.80 bits per heavy atom. The van der Waals surface area contributed by atoms with E-state index in [4.69, 9.17) is 0 Å². The topological polar surface area (TPSA) is 55.8 Å². The fourth-order valence-corrected chi connectivity index (χ4v) is 4.17. The average Bonchev–Trinajstić information content (AvgIpc) is 3.14. The van der Waals surface area contributed by atoms with Gasteiger partial charge in [0.1, 0.15) is 0 Å². The van der Waals surface area contributed by atoms with Gasteiger partial charge >= 0.3 is 6.03 Å². The highest BCUT2D eigenvalue weighted by molar-refractivity contribution is 7.10. The molecule has 5 nitrogen and oxygen atoms in total. The molecule has 1 aromatic heterocycles. The van der Waals surface area contributed by atoms with E-state index in [-0.39, 0.29) is 18.7 Å². The monoisotopic (exact) mass is 367 g/mol. The van der Waals surface area contributed by atoms with Crippen LogP contribution in [-0.4, -0.2) is 60.3 Å². The number of unbranched alkanes of at least 4 members (excludes halogenated alkanes) is 1. The summed E-state index contributed by atoms with van der Waals surface area (Å²) in [5, 5.41) is 14.4. The van der Waals surface area contributed by atoms with E-state index in [9.17, 15) is 9.90 Å². The van der Waals surface area contributed by atoms with Crippen molar-refractivity contribution in [3.8, 4) is 0 Å². The number of nitrogens with one attached hydrogen (secondary N) is 1. The number of rotatable bonds is 9. The summed E-state index contributed by atoms with van der Waals surface area (Å²) < 4.78 is 0. The van der Waals surface area contributed by atoms with Crippen molar-refractivity contribution in [1.82, 2.24) is 15.1 Å². The SMILES string of the molecule is CCCCN(CCO)C(=O)NCC(c1cccs1)N1CCC(C)CC1. The van der Waals surface area contributed by atoms with Crippen LogP contribution in [0, 0.1) is 5.92 Å². The summed E-state index contributed by atoms with van der Waals surface area (Å²) >= 11 is 1.76. The molecule has 1 fully saturated rings. The number of urea groups is 1. The molecule has 2 N–H and O–H groups in total. The molecule has 2 heterocycles. The lowest BCUT2D eigenvalue weighted by Crippen LogP contribution is -2.46. The predicted molar refractivity (Wildman–Crippen MR) is 104 cm³/mol. The van der Waals surface area contributed by atoms with Gasteiger partial charge in [-0.3, -0.25) is 4.90 Å². The summed E-state index contributed by atoms with van der Waals surface area (Å²) in [5.41, 5.74) is 0. The Balaban J connectivity index is 1.95. The van der Waals surface area contributed by atoms with E-state index in [0.717, 1.165) is 31.8 Å². The quantitative estimate of drug-likeness (QED) is 0.704. The second-order valence-electron chi connectivity index (χ2n) is 7.00. The van der Waals surface area contributed by atoms with Crippen LogP contribution in [0.2, 0.25) is 0 Å². The fraction of sp³-hybridized carbons (Fsp3) is 0.737. The number of aliphatic hydroxyl groups excluding tert-OH is 1. The van der Waals surface area contributed by atoms with Crippen LogP contribution in [0.25, 0.3) is 0 Å². The maximum absolute atomic E-state index is 12.5. The minimum atomic E-state index is -0.0607. The molecule has 1 atom stereocenters. The number of hydrogen-bond acceptors (Lipinski definition) is 4. The Morgan fingerprint density at radius 2 is 2.20 bits per heavy atom. The molecule has 0 saturated carbocycles. The largest absolute Gasteiger partial charge is 0.395 e. The van der Waals surface area contributed by atoms with Gasteiger partial charge in [-0.15, -0.1) is 11.3 Å². The lowest BCUT2D eigenvalue weighted by molar-refractivity contribution is 0.133. The Morgan fingerprint density at radius 1 is 1.44 bits per heavy atom. The molecule has 0 aromatic carbocycles. The highest BCUT2D eigenvalue weighted by Gasteiger charge is 2.26. The number of aliphatic hydroxyl groups is 1. The van der Waals surface area contributed by atoms with Crippen molar-refractivity contribution in [2.45, 2.75) is 45.6 Å². The Hall–Kier alpha value is -1.11. The highest BCUT2D eigenvalue weighted by Crippen LogP contribution is 2.29. The van der Waals surface area contributed by atoms with E-state index < -0.39 is 0 Å². The van der Waals surface area contributed by atoms with E-state index in [1.165, 1.54) is 17.7 Å². The number of piperidine rings is 1. The molecule has 0 aliphatic carbocycles. The smallest absolute Gasteiger partial charge is 0.317 e. The number of thiophene rings is 1. The molecule has 1 unspecified atom stereocenters. The molecule has 1 saturated heterocycles. The molecule has 1 aliphatic rings. The van der Waals surface area contributed by atoms with Gasteiger partial charge in [0.05, 0.1) is 12.6 Å². The van der Waals surface area contributed by atoms with Crippen molar-refractivity contribution in [3.63, 3.8) is 0 Å². The zero-order valence-corrected chi connectivity index (χ0v) is 16.4. The summed E-state index contributed by atoms with van der Waals surface area (Å²) in [4.78, 5) is 18.1. The van der Waals surface area contributed by atoms with Crippen molar-refractivity contribution in [3.05, 3.63) is 22.4 Å². The van der Waals surface area contributed by atoms with Crippen LogP contribution in [0.1, 0.15) is 50.4 Å². The van der Waals surface area contributed by atoms with Crippen molar-refractivity contribution in [2.24, 2.45) is 5.92 Å². The second-order valence-corrected chi connectivity index (χ2v) is 7.98. The summed E-state index contributed by atoms with van der Waals surface area (Å²) in [7, 11) is 0. The van der Waals surface area contributed by atoms with Crippen molar-refractivity contribution in [1.29, 1.82) is 0 Å². The standard InChI is InChI=1S/C19H33N3O2S/c1-3-4-9-22(12-13-23)19(24)20-15-17(18-6-5-14-25-18)21-10-7-16(2)8-11-21/h5-6,14,16-17,23H,3-4,7-13,15H2,1-2H3,(H,20,24). The summed E-state index contributed by atoms with van der Waals surface area (Å²) in [6.45, 7) is 8.35. The molecule has 1 aromatic rings. The van der Waals surface area contributed by atoms with Crippen LogP contribution in [0.15, 0.2) is 17.5 Å². The first-order chi connectivity index (χ1) is 12.2. The molecule has 2 rings (SSSR count). The second kappa shape index (κ2) is 10.8. The molecular weight excluding hydrogens is 334 g/mol. The molecule has 1 aliphatic heterocycles. The first-order valence-electron chi connectivity index (χ1n) is 9.56. The van der Waals surface area contributed by atoms with E-state index >= 15 is 0 Å². The Labute approximate surface area is 156 Å². The zero-order valence-electron chi connectivity index (χ0n) is 15.6. The van der Waals surface area contributed by atoms with Crippen molar-refractivity contribution in [2.75, 3.05) is 39.3 Å². The van der Waals surface area contributed by atoms with Gasteiger partial charge in [0.15, 0.2) is 0 Å². The summed E-state index contributed by atoms with van der Waals surface area (Å²) in [5.74, 6) is 0.795. The third kappa shape index (κ3) is 6.28. The number of amides is 2. The maximum Gasteiger partial charge on any atom is 0.317 e. The normalized spacial score (nSPS) is 17.4. The van der Waals surface area contributed by atoms with Gasteiger partial charge in [-0.2, -0.15) is 0 Å². The number of nitrogens with zero attached hydrogens (tertiary/aromatic N) is 2. The Bertz CT molecular complexity index is 487. The lowest BCUT2D eigenvalue weighted by atomic mass is 9.97. The van der Waals surface area contributed by atoms with Gasteiger partial charge in [-0.1, -0.05) is 26.3 Å². The first kappa shape index (κ1) is 20.2. The van der Waals surface area contributed by atoms with Gasteiger partial charge < -0.3 is 15.3 Å². The number of likely N-dealkylation sites (tertiary alicyclic amines) is 1. The van der Waals surface area contributed by atoms with E-state index in [1.807, 2.05) is 0 Å². The van der Waals surface area contributed by atoms with Gasteiger partial charge in [0, 0.05) is 24.5 Å². The fourth-order valence-electron chi connectivity index (χ4n) is 3.31. The molecular formula is C19H33N3O2S. The van der Waals surface area contributed by atoms with Crippen LogP contribution in [0.4, 0.5) is 4.79 Å². The minimum absolute atomic E-state index is 0.00943. The van der Waals surface area contributed by atoms with Gasteiger partial charge in [0.25, 0.3) is 0 Å². The van der Waals surface area contributed by atoms with Crippen LogP contribution < -0.4 is 5.32 Å². The predicted octanol–water partition coefficient (Wildman–Crippen LogP) is 3.33. The van der Waals surface area contributed by atoms with Crippen LogP contribution >= 0.6 is 11.3 Å². The lowest BCUT2D eigenvalue weighted by Gasteiger charge is -2.36. The van der Waals surface area contributed by atoms with Crippen LogP contribution in [0.3, 0.4) is 0 Å². The molecule has 6 heteroatoms. The maximum atomic E-state index is 12.5. The summed E-state index contributed by atoms with van der Waals surface area (Å²) in [6, 6.07) is 4.44. The summed E-state index contributed by atoms with van der Waals surface area (Å²) in [6.07, 6.45) is 4.46. The van der Waals surface area contributed by atoms with Crippen molar-refractivity contribution < 1.29 is 9.90 Å². The van der Waals surface area contributed by atoms with Crippen LogP contribution in [-0.2, 0) is 0 Å². The van der Waals surface area contributed by atoms with Gasteiger partial charge in [-0.25, -0.2) is 4.79 Å². The first-order valence-corrected chi connectivity index (χ1v) is 10.4. The van der Waals surface area contributed by atoms with E-state index in [1.54, 1.807) is 16.2 Å². The molecule has 2 amide bonds. The third-order valence-electron chi connectivity index (χ3n) is 5.02. The molecule has 0 radical (unpaired) electrons.